The lowest BCUT2D eigenvalue weighted by atomic mass is 10.1. The van der Waals surface area contributed by atoms with Gasteiger partial charge in [0, 0.05) is 0 Å². The number of fused-ring (bicyclic) bond motifs is 1. The van der Waals surface area contributed by atoms with E-state index in [9.17, 15) is 4.79 Å². The van der Waals surface area contributed by atoms with Crippen molar-refractivity contribution in [2.45, 2.75) is 26.9 Å². The Hall–Kier alpha value is -2.89. The van der Waals surface area contributed by atoms with Crippen LogP contribution in [0.5, 0.6) is 17.2 Å². The summed E-state index contributed by atoms with van der Waals surface area (Å²) in [5, 5.41) is 5.47. The third-order valence-corrected chi connectivity index (χ3v) is 4.38. The van der Waals surface area contributed by atoms with Crippen LogP contribution < -0.4 is 24.8 Å². The molecule has 0 aromatic heterocycles. The molecule has 1 aliphatic rings. The van der Waals surface area contributed by atoms with Gasteiger partial charge in [0.15, 0.2) is 24.3 Å². The number of para-hydroxylation sites is 2. The Bertz CT molecular complexity index is 791. The maximum absolute atomic E-state index is 12.0. The molecule has 6 nitrogen and oxygen atoms in total. The minimum Gasteiger partial charge on any atom is -0.486 e. The van der Waals surface area contributed by atoms with Crippen LogP contribution in [-0.4, -0.2) is 32.0 Å². The molecule has 1 atom stereocenters. The fourth-order valence-electron chi connectivity index (χ4n) is 2.75. The first-order valence-electron chi connectivity index (χ1n) is 8.64. The van der Waals surface area contributed by atoms with Gasteiger partial charge in [-0.2, -0.15) is 0 Å². The first kappa shape index (κ1) is 17.9. The average molecular weight is 356 g/mol. The van der Waals surface area contributed by atoms with Crippen LogP contribution in [0, 0.1) is 20.8 Å². The van der Waals surface area contributed by atoms with E-state index in [0.29, 0.717) is 18.9 Å². The van der Waals surface area contributed by atoms with Gasteiger partial charge < -0.3 is 24.8 Å². The maximum Gasteiger partial charge on any atom is 0.317 e. The molecule has 26 heavy (non-hydrogen) atoms. The molecule has 0 spiro atoms. The number of hydrogen-bond donors (Lipinski definition) is 2. The van der Waals surface area contributed by atoms with Gasteiger partial charge in [0.25, 0.3) is 0 Å². The van der Waals surface area contributed by atoms with Crippen LogP contribution in [-0.2, 0) is 0 Å². The summed E-state index contributed by atoms with van der Waals surface area (Å²) in [7, 11) is 0. The molecule has 0 fully saturated rings. The molecule has 2 aromatic carbocycles. The first-order chi connectivity index (χ1) is 12.5. The fourth-order valence-corrected chi connectivity index (χ4v) is 2.75. The van der Waals surface area contributed by atoms with Gasteiger partial charge in [-0.25, -0.2) is 4.79 Å². The SMILES string of the molecule is Cc1ccc(C)c(OCNC(=O)NCC2COc3ccccc3O2)c1C. The third kappa shape index (κ3) is 4.20. The maximum atomic E-state index is 12.0. The van der Waals surface area contributed by atoms with Crippen LogP contribution in [0.2, 0.25) is 0 Å². The Balaban J connectivity index is 1.42. The summed E-state index contributed by atoms with van der Waals surface area (Å²) in [6.45, 7) is 6.88. The predicted molar refractivity (Wildman–Crippen MR) is 99.0 cm³/mol. The van der Waals surface area contributed by atoms with Crippen LogP contribution >= 0.6 is 0 Å². The second-order valence-corrected chi connectivity index (χ2v) is 6.33. The van der Waals surface area contributed by atoms with Gasteiger partial charge in [-0.1, -0.05) is 24.3 Å². The van der Waals surface area contributed by atoms with Gasteiger partial charge in [0.1, 0.15) is 12.4 Å². The second-order valence-electron chi connectivity index (χ2n) is 6.33. The second kappa shape index (κ2) is 7.99. The summed E-state index contributed by atoms with van der Waals surface area (Å²) >= 11 is 0. The normalized spacial score (nSPS) is 15.3. The average Bonchev–Trinajstić information content (AvgIpc) is 2.65. The number of benzene rings is 2. The number of nitrogens with one attached hydrogen (secondary N) is 2. The number of ether oxygens (including phenoxy) is 3. The molecule has 2 amide bonds. The summed E-state index contributed by atoms with van der Waals surface area (Å²) in [6, 6.07) is 11.2. The van der Waals surface area contributed by atoms with Gasteiger partial charge >= 0.3 is 6.03 Å². The van der Waals surface area contributed by atoms with Crippen molar-refractivity contribution >= 4 is 6.03 Å². The van der Waals surface area contributed by atoms with Crippen molar-refractivity contribution < 1.29 is 19.0 Å². The number of carbonyl (C=O) groups excluding carboxylic acids is 1. The molecule has 2 aromatic rings. The molecule has 0 saturated heterocycles. The van der Waals surface area contributed by atoms with Crippen molar-refractivity contribution in [1.29, 1.82) is 0 Å². The number of rotatable bonds is 5. The highest BCUT2D eigenvalue weighted by Gasteiger charge is 2.20. The topological polar surface area (TPSA) is 68.8 Å². The Labute approximate surface area is 153 Å². The van der Waals surface area contributed by atoms with Crippen molar-refractivity contribution in [3.8, 4) is 17.2 Å². The first-order valence-corrected chi connectivity index (χ1v) is 8.64. The van der Waals surface area contributed by atoms with E-state index in [1.54, 1.807) is 0 Å². The largest absolute Gasteiger partial charge is 0.486 e. The predicted octanol–water partition coefficient (Wildman–Crippen LogP) is 3.09. The zero-order valence-electron chi connectivity index (χ0n) is 15.3. The van der Waals surface area contributed by atoms with Crippen molar-refractivity contribution in [3.63, 3.8) is 0 Å². The number of carbonyl (C=O) groups is 1. The summed E-state index contributed by atoms with van der Waals surface area (Å²) < 4.78 is 17.2. The lowest BCUT2D eigenvalue weighted by Gasteiger charge is -2.26. The molecule has 0 aliphatic carbocycles. The van der Waals surface area contributed by atoms with Crippen LogP contribution in [0.3, 0.4) is 0 Å². The minimum atomic E-state index is -0.310. The van der Waals surface area contributed by atoms with Gasteiger partial charge in [-0.3, -0.25) is 0 Å². The number of amides is 2. The standard InChI is InChI=1S/C20H24N2O4/c1-13-8-9-14(2)19(15(13)3)25-12-22-20(23)21-10-16-11-24-17-6-4-5-7-18(17)26-16/h4-9,16H,10-12H2,1-3H3,(H2,21,22,23). The van der Waals surface area contributed by atoms with Gasteiger partial charge in [0.2, 0.25) is 0 Å². The molecule has 3 rings (SSSR count). The molecule has 1 unspecified atom stereocenters. The van der Waals surface area contributed by atoms with Gasteiger partial charge in [-0.05, 0) is 49.6 Å². The molecule has 0 radical (unpaired) electrons. The van der Waals surface area contributed by atoms with Crippen molar-refractivity contribution in [3.05, 3.63) is 53.1 Å². The summed E-state index contributed by atoms with van der Waals surface area (Å²) in [6.07, 6.45) is -0.224. The molecule has 0 bridgehead atoms. The van der Waals surface area contributed by atoms with E-state index < -0.39 is 0 Å². The van der Waals surface area contributed by atoms with Gasteiger partial charge in [-0.15, -0.1) is 0 Å². The molecule has 138 valence electrons. The van der Waals surface area contributed by atoms with Crippen LogP contribution in [0.4, 0.5) is 4.79 Å². The van der Waals surface area contributed by atoms with E-state index >= 15 is 0 Å². The van der Waals surface area contributed by atoms with Crippen LogP contribution in [0.25, 0.3) is 0 Å². The Kier molecular flexibility index (Phi) is 5.51. The molecular formula is C20H24N2O4. The quantitative estimate of drug-likeness (QED) is 0.808. The van der Waals surface area contributed by atoms with Crippen molar-refractivity contribution in [2.24, 2.45) is 0 Å². The molecule has 1 heterocycles. The van der Waals surface area contributed by atoms with E-state index in [2.05, 4.69) is 16.7 Å². The lowest BCUT2D eigenvalue weighted by molar-refractivity contribution is 0.0915. The van der Waals surface area contributed by atoms with E-state index in [1.165, 1.54) is 0 Å². The van der Waals surface area contributed by atoms with E-state index in [1.807, 2.05) is 51.1 Å². The fraction of sp³-hybridized carbons (Fsp3) is 0.350. The third-order valence-electron chi connectivity index (χ3n) is 4.38. The molecule has 2 N–H and O–H groups in total. The summed E-state index contributed by atoms with van der Waals surface area (Å²) in [5.74, 6) is 2.23. The molecular weight excluding hydrogens is 332 g/mol. The molecule has 0 saturated carbocycles. The number of aryl methyl sites for hydroxylation is 2. The highest BCUT2D eigenvalue weighted by molar-refractivity contribution is 5.73. The smallest absolute Gasteiger partial charge is 0.317 e. The number of hydrogen-bond acceptors (Lipinski definition) is 4. The van der Waals surface area contributed by atoms with Crippen molar-refractivity contribution in [1.82, 2.24) is 10.6 Å². The van der Waals surface area contributed by atoms with E-state index in [0.717, 1.165) is 28.2 Å². The summed E-state index contributed by atoms with van der Waals surface area (Å²) in [5.41, 5.74) is 3.28. The molecule has 6 heteroatoms. The van der Waals surface area contributed by atoms with E-state index in [4.69, 9.17) is 14.2 Å². The van der Waals surface area contributed by atoms with Crippen molar-refractivity contribution in [2.75, 3.05) is 19.9 Å². The number of urea groups is 1. The Morgan fingerprint density at radius 1 is 1.08 bits per heavy atom. The Morgan fingerprint density at radius 2 is 1.81 bits per heavy atom. The monoisotopic (exact) mass is 356 g/mol. The lowest BCUT2D eigenvalue weighted by Crippen LogP contribution is -2.45. The zero-order chi connectivity index (χ0) is 18.5. The van der Waals surface area contributed by atoms with E-state index in [-0.39, 0.29) is 18.9 Å². The highest BCUT2D eigenvalue weighted by atomic mass is 16.6. The van der Waals surface area contributed by atoms with Gasteiger partial charge in [0.05, 0.1) is 6.54 Å². The zero-order valence-corrected chi connectivity index (χ0v) is 15.3. The van der Waals surface area contributed by atoms with Crippen LogP contribution in [0.15, 0.2) is 36.4 Å². The Morgan fingerprint density at radius 3 is 2.62 bits per heavy atom. The highest BCUT2D eigenvalue weighted by Crippen LogP contribution is 2.30. The van der Waals surface area contributed by atoms with Crippen LogP contribution in [0.1, 0.15) is 16.7 Å². The minimum absolute atomic E-state index is 0.0990. The summed E-state index contributed by atoms with van der Waals surface area (Å²) in [4.78, 5) is 12.0. The molecule has 1 aliphatic heterocycles.